The molecule has 1 aliphatic heterocycles. The van der Waals surface area contributed by atoms with E-state index in [1.165, 1.54) is 36.0 Å². The summed E-state index contributed by atoms with van der Waals surface area (Å²) in [4.78, 5) is 24.8. The molecule has 0 spiro atoms. The van der Waals surface area contributed by atoms with E-state index in [1.54, 1.807) is 19.9 Å². The smallest absolute Gasteiger partial charge is 0.434 e. The molecule has 0 bridgehead atoms. The van der Waals surface area contributed by atoms with Gasteiger partial charge in [-0.15, -0.1) is 0 Å². The van der Waals surface area contributed by atoms with Gasteiger partial charge in [0.05, 0.1) is 29.3 Å². The molecule has 0 amide bonds. The molecule has 0 aliphatic carbocycles. The lowest BCUT2D eigenvalue weighted by atomic mass is 9.83. The molecule has 6 nitrogen and oxygen atoms in total. The van der Waals surface area contributed by atoms with E-state index in [4.69, 9.17) is 9.47 Å². The minimum absolute atomic E-state index is 0.0285. The third-order valence-corrected chi connectivity index (χ3v) is 4.58. The van der Waals surface area contributed by atoms with Crippen molar-refractivity contribution >= 4 is 11.8 Å². The molecule has 1 N–H and O–H groups in total. The number of nitrogens with one attached hydrogen (secondary N) is 1. The summed E-state index contributed by atoms with van der Waals surface area (Å²) in [6, 6.07) is 6.50. The van der Waals surface area contributed by atoms with Gasteiger partial charge in [0.2, 0.25) is 0 Å². The van der Waals surface area contributed by atoms with Crippen LogP contribution in [0.1, 0.15) is 36.5 Å². The fourth-order valence-corrected chi connectivity index (χ4v) is 3.32. The Bertz CT molecular complexity index is 1040. The quantitative estimate of drug-likeness (QED) is 0.764. The third kappa shape index (κ3) is 3.85. The van der Waals surface area contributed by atoms with Crippen molar-refractivity contribution in [3.05, 3.63) is 75.0 Å². The van der Waals surface area contributed by atoms with Gasteiger partial charge in [0.1, 0.15) is 5.76 Å². The number of ether oxygens (including phenoxy) is 2. The van der Waals surface area contributed by atoms with Crippen molar-refractivity contribution in [1.29, 1.82) is 0 Å². The first-order valence-corrected chi connectivity index (χ1v) is 8.83. The van der Waals surface area contributed by atoms with Crippen LogP contribution in [0.25, 0.3) is 0 Å². The summed E-state index contributed by atoms with van der Waals surface area (Å²) in [5.41, 5.74) is -0.901. The minimum Gasteiger partial charge on any atom is -0.434 e. The number of fused-ring (bicyclic) bond motifs is 1. The Kier molecular flexibility index (Phi) is 5.41. The Hall–Kier alpha value is -3.23. The van der Waals surface area contributed by atoms with Crippen molar-refractivity contribution in [2.75, 3.05) is 11.9 Å². The molecule has 1 atom stereocenters. The molecule has 0 fully saturated rings. The zero-order valence-electron chi connectivity index (χ0n) is 16.0. The normalized spacial score (nSPS) is 16.1. The van der Waals surface area contributed by atoms with Crippen LogP contribution in [0.2, 0.25) is 0 Å². The van der Waals surface area contributed by atoms with E-state index >= 15 is 0 Å². The molecular formula is C20H19F3N2O4. The summed E-state index contributed by atoms with van der Waals surface area (Å²) in [5, 5.41) is 2.94. The van der Waals surface area contributed by atoms with Gasteiger partial charge in [-0.2, -0.15) is 13.2 Å². The largest absolute Gasteiger partial charge is 0.513 e. The second-order valence-corrected chi connectivity index (χ2v) is 6.48. The molecule has 1 aromatic heterocycles. The number of halogens is 3. The van der Waals surface area contributed by atoms with Crippen LogP contribution in [0, 0.1) is 0 Å². The standard InChI is InChI=1S/C20H19F3N2O4/c1-4-28-19(27)29-17-11(2)24-14-9-10-25(3)18(26)16(14)15(17)12-7-5-6-8-13(12)20(21,22)23/h5-10,15,24H,4H2,1-3H3. The van der Waals surface area contributed by atoms with Gasteiger partial charge in [-0.1, -0.05) is 18.2 Å². The lowest BCUT2D eigenvalue weighted by Gasteiger charge is -2.31. The maximum absolute atomic E-state index is 13.7. The molecule has 2 aromatic rings. The number of alkyl halides is 3. The molecule has 3 rings (SSSR count). The van der Waals surface area contributed by atoms with Crippen LogP contribution in [0.4, 0.5) is 23.7 Å². The van der Waals surface area contributed by atoms with E-state index in [0.29, 0.717) is 11.4 Å². The lowest BCUT2D eigenvalue weighted by molar-refractivity contribution is -0.138. The molecule has 154 valence electrons. The van der Waals surface area contributed by atoms with Gasteiger partial charge in [-0.3, -0.25) is 4.79 Å². The van der Waals surface area contributed by atoms with Gasteiger partial charge in [0.15, 0.2) is 0 Å². The second kappa shape index (κ2) is 7.65. The number of anilines is 1. The highest BCUT2D eigenvalue weighted by atomic mass is 19.4. The van der Waals surface area contributed by atoms with E-state index in [0.717, 1.165) is 6.07 Å². The SMILES string of the molecule is CCOC(=O)OC1=C(C)Nc2ccn(C)c(=O)c2C1c1ccccc1C(F)(F)F. The monoisotopic (exact) mass is 408 g/mol. The fraction of sp³-hybridized carbons (Fsp3) is 0.300. The highest BCUT2D eigenvalue weighted by Gasteiger charge is 2.41. The Labute approximate surface area is 164 Å². The maximum atomic E-state index is 13.7. The predicted molar refractivity (Wildman–Crippen MR) is 99.4 cm³/mol. The van der Waals surface area contributed by atoms with Crippen molar-refractivity contribution in [3.8, 4) is 0 Å². The molecule has 1 aliphatic rings. The van der Waals surface area contributed by atoms with E-state index in [9.17, 15) is 22.8 Å². The Morgan fingerprint density at radius 1 is 1.24 bits per heavy atom. The van der Waals surface area contributed by atoms with Crippen LogP contribution in [0.5, 0.6) is 0 Å². The molecule has 29 heavy (non-hydrogen) atoms. The van der Waals surface area contributed by atoms with Crippen LogP contribution in [-0.2, 0) is 22.7 Å². The lowest BCUT2D eigenvalue weighted by Crippen LogP contribution is -2.31. The average Bonchev–Trinajstić information content (AvgIpc) is 2.65. The van der Waals surface area contributed by atoms with Gasteiger partial charge in [0.25, 0.3) is 5.56 Å². The van der Waals surface area contributed by atoms with Crippen molar-refractivity contribution in [3.63, 3.8) is 0 Å². The number of rotatable bonds is 3. The minimum atomic E-state index is -4.66. The highest BCUT2D eigenvalue weighted by molar-refractivity contribution is 5.68. The summed E-state index contributed by atoms with van der Waals surface area (Å²) in [6.07, 6.45) is -4.22. The van der Waals surface area contributed by atoms with Gasteiger partial charge in [-0.05, 0) is 31.5 Å². The predicted octanol–water partition coefficient (Wildman–Crippen LogP) is 4.37. The first kappa shape index (κ1) is 20.5. The number of pyridine rings is 1. The number of carbonyl (C=O) groups is 1. The molecule has 9 heteroatoms. The van der Waals surface area contributed by atoms with Crippen LogP contribution in [0.3, 0.4) is 0 Å². The first-order valence-electron chi connectivity index (χ1n) is 8.83. The van der Waals surface area contributed by atoms with E-state index in [-0.39, 0.29) is 23.5 Å². The van der Waals surface area contributed by atoms with E-state index < -0.39 is 29.4 Å². The highest BCUT2D eigenvalue weighted by Crippen LogP contribution is 2.45. The summed E-state index contributed by atoms with van der Waals surface area (Å²) in [7, 11) is 1.49. The molecule has 0 radical (unpaired) electrons. The van der Waals surface area contributed by atoms with Crippen LogP contribution < -0.4 is 10.9 Å². The van der Waals surface area contributed by atoms with E-state index in [2.05, 4.69) is 5.32 Å². The fourth-order valence-electron chi connectivity index (χ4n) is 3.32. The van der Waals surface area contributed by atoms with Crippen molar-refractivity contribution < 1.29 is 27.4 Å². The number of aryl methyl sites for hydroxylation is 1. The summed E-state index contributed by atoms with van der Waals surface area (Å²) < 4.78 is 52.5. The van der Waals surface area contributed by atoms with Gasteiger partial charge < -0.3 is 19.4 Å². The number of hydrogen-bond acceptors (Lipinski definition) is 5. The summed E-state index contributed by atoms with van der Waals surface area (Å²) in [6.45, 7) is 3.15. The zero-order chi connectivity index (χ0) is 21.3. The van der Waals surface area contributed by atoms with Gasteiger partial charge in [0, 0.05) is 18.9 Å². The Morgan fingerprint density at radius 2 is 1.93 bits per heavy atom. The topological polar surface area (TPSA) is 69.6 Å². The molecule has 2 heterocycles. The van der Waals surface area contributed by atoms with Crippen LogP contribution in [0.15, 0.2) is 52.8 Å². The van der Waals surface area contributed by atoms with Crippen molar-refractivity contribution in [2.24, 2.45) is 7.05 Å². The van der Waals surface area contributed by atoms with Gasteiger partial charge >= 0.3 is 12.3 Å². The number of allylic oxidation sites excluding steroid dienone is 2. The number of benzene rings is 1. The summed E-state index contributed by atoms with van der Waals surface area (Å²) >= 11 is 0. The first-order chi connectivity index (χ1) is 13.6. The number of nitrogens with zero attached hydrogens (tertiary/aromatic N) is 1. The number of hydrogen-bond donors (Lipinski definition) is 1. The van der Waals surface area contributed by atoms with E-state index in [1.807, 2.05) is 0 Å². The van der Waals surface area contributed by atoms with Crippen molar-refractivity contribution in [2.45, 2.75) is 25.9 Å². The van der Waals surface area contributed by atoms with Crippen molar-refractivity contribution in [1.82, 2.24) is 4.57 Å². The summed E-state index contributed by atoms with van der Waals surface area (Å²) in [5.74, 6) is -1.36. The average molecular weight is 408 g/mol. The Morgan fingerprint density at radius 3 is 2.59 bits per heavy atom. The van der Waals surface area contributed by atoms with Crippen LogP contribution >= 0.6 is 0 Å². The number of carbonyl (C=O) groups excluding carboxylic acids is 1. The Balaban J connectivity index is 2.29. The third-order valence-electron chi connectivity index (χ3n) is 4.58. The number of aromatic nitrogens is 1. The molecule has 1 aromatic carbocycles. The molecular weight excluding hydrogens is 389 g/mol. The molecule has 0 saturated heterocycles. The zero-order valence-corrected chi connectivity index (χ0v) is 16.0. The van der Waals surface area contributed by atoms with Crippen LogP contribution in [-0.4, -0.2) is 17.3 Å². The molecule has 1 unspecified atom stereocenters. The second-order valence-electron chi connectivity index (χ2n) is 6.48. The van der Waals surface area contributed by atoms with Gasteiger partial charge in [-0.25, -0.2) is 4.79 Å². The maximum Gasteiger partial charge on any atom is 0.513 e. The molecule has 0 saturated carbocycles.